The second kappa shape index (κ2) is 4.41. The zero-order valence-corrected chi connectivity index (χ0v) is 9.86. The Balaban J connectivity index is 1.95. The second-order valence-corrected chi connectivity index (χ2v) is 5.37. The van der Waals surface area contributed by atoms with E-state index >= 15 is 0 Å². The monoisotopic (exact) mass is 210 g/mol. The summed E-state index contributed by atoms with van der Waals surface area (Å²) in [6, 6.07) is 0. The maximum atomic E-state index is 4.58. The van der Waals surface area contributed by atoms with Gasteiger partial charge in [0.05, 0.1) is 12.2 Å². The number of aryl methyl sites for hydroxylation is 2. The summed E-state index contributed by atoms with van der Waals surface area (Å²) in [4.78, 5) is 8.48. The van der Waals surface area contributed by atoms with Crippen molar-refractivity contribution in [1.29, 1.82) is 0 Å². The highest BCUT2D eigenvalue weighted by atomic mass is 32.1. The predicted octanol–water partition coefficient (Wildman–Crippen LogP) is 2.75. The highest BCUT2D eigenvalue weighted by molar-refractivity contribution is 7.11. The van der Waals surface area contributed by atoms with Crippen LogP contribution in [0, 0.1) is 13.8 Å². The molecule has 0 unspecified atom stereocenters. The van der Waals surface area contributed by atoms with Gasteiger partial charge in [-0.25, -0.2) is 4.98 Å². The van der Waals surface area contributed by atoms with Gasteiger partial charge in [-0.05, 0) is 39.8 Å². The molecule has 0 amide bonds. The molecule has 0 radical (unpaired) electrons. The fourth-order valence-corrected chi connectivity index (χ4v) is 2.89. The number of piperidine rings is 1. The Kier molecular flexibility index (Phi) is 3.19. The quantitative estimate of drug-likeness (QED) is 0.746. The SMILES string of the molecule is Cc1nc(CN2CCCCC2)sc1C. The van der Waals surface area contributed by atoms with Crippen molar-refractivity contribution in [2.75, 3.05) is 13.1 Å². The first-order valence-corrected chi connectivity index (χ1v) is 6.22. The Bertz CT molecular complexity index is 281. The molecule has 14 heavy (non-hydrogen) atoms. The zero-order chi connectivity index (χ0) is 9.97. The first-order valence-electron chi connectivity index (χ1n) is 5.41. The summed E-state index contributed by atoms with van der Waals surface area (Å²) in [5.41, 5.74) is 1.21. The van der Waals surface area contributed by atoms with Crippen molar-refractivity contribution in [3.05, 3.63) is 15.6 Å². The summed E-state index contributed by atoms with van der Waals surface area (Å²) >= 11 is 1.86. The van der Waals surface area contributed by atoms with Gasteiger partial charge in [0.1, 0.15) is 5.01 Å². The minimum absolute atomic E-state index is 1.07. The van der Waals surface area contributed by atoms with E-state index in [2.05, 4.69) is 23.7 Å². The smallest absolute Gasteiger partial charge is 0.107 e. The molecule has 2 rings (SSSR count). The molecule has 0 aliphatic carbocycles. The third-order valence-corrected chi connectivity index (χ3v) is 3.94. The molecule has 0 aromatic carbocycles. The summed E-state index contributed by atoms with van der Waals surface area (Å²) < 4.78 is 0. The Morgan fingerprint density at radius 3 is 2.50 bits per heavy atom. The topological polar surface area (TPSA) is 16.1 Å². The molecule has 0 N–H and O–H groups in total. The van der Waals surface area contributed by atoms with Crippen molar-refractivity contribution in [2.24, 2.45) is 0 Å². The van der Waals surface area contributed by atoms with Crippen molar-refractivity contribution < 1.29 is 0 Å². The summed E-state index contributed by atoms with van der Waals surface area (Å²) in [5, 5.41) is 1.29. The van der Waals surface area contributed by atoms with E-state index in [1.807, 2.05) is 11.3 Å². The fourth-order valence-electron chi connectivity index (χ4n) is 1.92. The van der Waals surface area contributed by atoms with E-state index in [0.717, 1.165) is 6.54 Å². The molecule has 1 aliphatic rings. The maximum Gasteiger partial charge on any atom is 0.107 e. The lowest BCUT2D eigenvalue weighted by Crippen LogP contribution is -2.28. The molecule has 1 aromatic rings. The number of thiazole rings is 1. The van der Waals surface area contributed by atoms with E-state index in [9.17, 15) is 0 Å². The first-order chi connectivity index (χ1) is 6.75. The van der Waals surface area contributed by atoms with Crippen molar-refractivity contribution >= 4 is 11.3 Å². The van der Waals surface area contributed by atoms with Crippen LogP contribution in [-0.2, 0) is 6.54 Å². The van der Waals surface area contributed by atoms with Gasteiger partial charge >= 0.3 is 0 Å². The standard InChI is InChI=1S/C11H18N2S/c1-9-10(2)14-11(12-9)8-13-6-4-3-5-7-13/h3-8H2,1-2H3. The average molecular weight is 210 g/mol. The van der Waals surface area contributed by atoms with Crippen LogP contribution in [0.15, 0.2) is 0 Å². The molecular weight excluding hydrogens is 192 g/mol. The number of hydrogen-bond acceptors (Lipinski definition) is 3. The van der Waals surface area contributed by atoms with Gasteiger partial charge in [0.15, 0.2) is 0 Å². The summed E-state index contributed by atoms with van der Waals surface area (Å²) in [6.07, 6.45) is 4.14. The van der Waals surface area contributed by atoms with Gasteiger partial charge in [0.2, 0.25) is 0 Å². The molecule has 1 saturated heterocycles. The Morgan fingerprint density at radius 1 is 1.21 bits per heavy atom. The van der Waals surface area contributed by atoms with Crippen LogP contribution in [0.25, 0.3) is 0 Å². The van der Waals surface area contributed by atoms with E-state index in [0.29, 0.717) is 0 Å². The van der Waals surface area contributed by atoms with Gasteiger partial charge in [0, 0.05) is 4.88 Å². The third-order valence-electron chi connectivity index (χ3n) is 2.88. The molecule has 78 valence electrons. The molecule has 3 heteroatoms. The van der Waals surface area contributed by atoms with Crippen molar-refractivity contribution in [3.8, 4) is 0 Å². The molecule has 0 bridgehead atoms. The minimum Gasteiger partial charge on any atom is -0.297 e. The number of rotatable bonds is 2. The lowest BCUT2D eigenvalue weighted by Gasteiger charge is -2.25. The van der Waals surface area contributed by atoms with Crippen molar-refractivity contribution in [3.63, 3.8) is 0 Å². The Labute approximate surface area is 90.0 Å². The first kappa shape index (κ1) is 10.1. The van der Waals surface area contributed by atoms with Crippen LogP contribution in [-0.4, -0.2) is 23.0 Å². The summed E-state index contributed by atoms with van der Waals surface area (Å²) in [7, 11) is 0. The number of hydrogen-bond donors (Lipinski definition) is 0. The molecule has 2 heterocycles. The average Bonchev–Trinajstić information content (AvgIpc) is 2.47. The number of aromatic nitrogens is 1. The van der Waals surface area contributed by atoms with Crippen LogP contribution in [0.1, 0.15) is 34.8 Å². The van der Waals surface area contributed by atoms with Gasteiger partial charge < -0.3 is 0 Å². The van der Waals surface area contributed by atoms with E-state index in [1.165, 1.54) is 47.9 Å². The summed E-state index contributed by atoms with van der Waals surface area (Å²) in [5.74, 6) is 0. The van der Waals surface area contributed by atoms with Gasteiger partial charge in [-0.15, -0.1) is 11.3 Å². The van der Waals surface area contributed by atoms with E-state index in [4.69, 9.17) is 0 Å². The second-order valence-electron chi connectivity index (χ2n) is 4.09. The number of likely N-dealkylation sites (tertiary alicyclic amines) is 1. The van der Waals surface area contributed by atoms with Gasteiger partial charge in [-0.3, -0.25) is 4.90 Å². The molecule has 1 aromatic heterocycles. The highest BCUT2D eigenvalue weighted by Crippen LogP contribution is 2.19. The largest absolute Gasteiger partial charge is 0.297 e. The summed E-state index contributed by atoms with van der Waals surface area (Å²) in [6.45, 7) is 7.85. The molecule has 0 saturated carbocycles. The lowest BCUT2D eigenvalue weighted by atomic mass is 10.1. The Hall–Kier alpha value is -0.410. The lowest BCUT2D eigenvalue weighted by molar-refractivity contribution is 0.220. The normalized spacial score (nSPS) is 18.7. The minimum atomic E-state index is 1.07. The predicted molar refractivity (Wildman–Crippen MR) is 60.7 cm³/mol. The van der Waals surface area contributed by atoms with Crippen molar-refractivity contribution in [2.45, 2.75) is 39.7 Å². The third kappa shape index (κ3) is 2.34. The fraction of sp³-hybridized carbons (Fsp3) is 0.727. The van der Waals surface area contributed by atoms with Crippen LogP contribution >= 0.6 is 11.3 Å². The maximum absolute atomic E-state index is 4.58. The molecule has 1 fully saturated rings. The van der Waals surface area contributed by atoms with Crippen LogP contribution in [0.4, 0.5) is 0 Å². The van der Waals surface area contributed by atoms with Crippen LogP contribution in [0.5, 0.6) is 0 Å². The van der Waals surface area contributed by atoms with Gasteiger partial charge in [0.25, 0.3) is 0 Å². The highest BCUT2D eigenvalue weighted by Gasteiger charge is 2.12. The Morgan fingerprint density at radius 2 is 1.93 bits per heavy atom. The molecular formula is C11H18N2S. The molecule has 0 spiro atoms. The van der Waals surface area contributed by atoms with E-state index in [1.54, 1.807) is 0 Å². The van der Waals surface area contributed by atoms with Crippen LogP contribution < -0.4 is 0 Å². The molecule has 1 aliphatic heterocycles. The van der Waals surface area contributed by atoms with Gasteiger partial charge in [-0.2, -0.15) is 0 Å². The number of nitrogens with zero attached hydrogens (tertiary/aromatic N) is 2. The van der Waals surface area contributed by atoms with E-state index < -0.39 is 0 Å². The van der Waals surface area contributed by atoms with E-state index in [-0.39, 0.29) is 0 Å². The van der Waals surface area contributed by atoms with Crippen molar-refractivity contribution in [1.82, 2.24) is 9.88 Å². The molecule has 0 atom stereocenters. The van der Waals surface area contributed by atoms with Crippen LogP contribution in [0.2, 0.25) is 0 Å². The van der Waals surface area contributed by atoms with Crippen LogP contribution in [0.3, 0.4) is 0 Å². The molecule has 2 nitrogen and oxygen atoms in total. The zero-order valence-electron chi connectivity index (χ0n) is 9.05. The van der Waals surface area contributed by atoms with Gasteiger partial charge in [-0.1, -0.05) is 6.42 Å².